The van der Waals surface area contributed by atoms with Gasteiger partial charge in [0.1, 0.15) is 23.8 Å². The molecule has 0 saturated carbocycles. The zero-order valence-corrected chi connectivity index (χ0v) is 18.5. The summed E-state index contributed by atoms with van der Waals surface area (Å²) in [4.78, 5) is 18.1. The number of aliphatic hydroxyl groups excluding tert-OH is 1. The second-order valence-electron chi connectivity index (χ2n) is 8.96. The lowest BCUT2D eigenvalue weighted by Gasteiger charge is -2.33. The Bertz CT molecular complexity index is 1080. The van der Waals surface area contributed by atoms with Gasteiger partial charge in [-0.3, -0.25) is 0 Å². The Balaban J connectivity index is 1.50. The lowest BCUT2D eigenvalue weighted by molar-refractivity contribution is 0.266. The first-order valence-corrected chi connectivity index (χ1v) is 11.7. The van der Waals surface area contributed by atoms with Crippen LogP contribution in [-0.4, -0.2) is 52.3 Å². The molecule has 0 amide bonds. The maximum absolute atomic E-state index is 14.7. The Morgan fingerprint density at radius 2 is 1.91 bits per heavy atom. The van der Waals surface area contributed by atoms with Crippen LogP contribution >= 0.6 is 0 Å². The molecule has 168 valence electrons. The van der Waals surface area contributed by atoms with Gasteiger partial charge in [0.15, 0.2) is 0 Å². The van der Waals surface area contributed by atoms with Crippen LogP contribution in [0.1, 0.15) is 39.0 Å². The van der Waals surface area contributed by atoms with E-state index in [4.69, 9.17) is 0 Å². The van der Waals surface area contributed by atoms with Crippen LogP contribution in [0.25, 0.3) is 22.0 Å². The minimum Gasteiger partial charge on any atom is -0.394 e. The Labute approximate surface area is 188 Å². The van der Waals surface area contributed by atoms with Gasteiger partial charge in [0.05, 0.1) is 18.2 Å². The molecule has 6 nitrogen and oxygen atoms in total. The number of anilines is 2. The molecule has 0 aliphatic carbocycles. The monoisotopic (exact) mass is 435 g/mol. The smallest absolute Gasteiger partial charge is 0.140 e. The molecule has 3 aromatic rings. The van der Waals surface area contributed by atoms with Crippen LogP contribution in [0, 0.1) is 11.7 Å². The molecule has 1 atom stereocenters. The molecule has 4 heterocycles. The number of pyridine rings is 1. The Kier molecular flexibility index (Phi) is 5.91. The topological polar surface area (TPSA) is 65.4 Å². The van der Waals surface area contributed by atoms with Crippen LogP contribution in [-0.2, 0) is 0 Å². The predicted octanol–water partition coefficient (Wildman–Crippen LogP) is 4.42. The van der Waals surface area contributed by atoms with E-state index in [1.54, 1.807) is 18.6 Å². The molecule has 2 aliphatic heterocycles. The normalized spacial score (nSPS) is 19.8. The second-order valence-corrected chi connectivity index (χ2v) is 8.96. The third-order valence-electron chi connectivity index (χ3n) is 7.11. The number of aliphatic hydroxyl groups is 1. The molecule has 1 aromatic carbocycles. The first-order chi connectivity index (χ1) is 15.7. The maximum Gasteiger partial charge on any atom is 0.140 e. The summed E-state index contributed by atoms with van der Waals surface area (Å²) in [6.07, 6.45) is 8.88. The molecule has 1 unspecified atom stereocenters. The van der Waals surface area contributed by atoms with E-state index in [2.05, 4.69) is 31.7 Å². The van der Waals surface area contributed by atoms with Gasteiger partial charge in [-0.05, 0) is 55.9 Å². The number of hydrogen-bond donors (Lipinski definition) is 1. The largest absolute Gasteiger partial charge is 0.394 e. The van der Waals surface area contributed by atoms with E-state index >= 15 is 0 Å². The summed E-state index contributed by atoms with van der Waals surface area (Å²) >= 11 is 0. The molecule has 5 rings (SSSR count). The van der Waals surface area contributed by atoms with Gasteiger partial charge in [0.2, 0.25) is 0 Å². The van der Waals surface area contributed by atoms with Crippen LogP contribution in [0.2, 0.25) is 0 Å². The molecule has 2 saturated heterocycles. The highest BCUT2D eigenvalue weighted by molar-refractivity contribution is 5.99. The summed E-state index contributed by atoms with van der Waals surface area (Å²) in [5.41, 5.74) is 2.30. The van der Waals surface area contributed by atoms with E-state index < -0.39 is 0 Å². The number of nitrogens with zero attached hydrogens (tertiary/aromatic N) is 5. The molecule has 2 fully saturated rings. The van der Waals surface area contributed by atoms with E-state index in [0.717, 1.165) is 84.9 Å². The highest BCUT2D eigenvalue weighted by Crippen LogP contribution is 2.35. The summed E-state index contributed by atoms with van der Waals surface area (Å²) in [5.74, 6) is 2.13. The van der Waals surface area contributed by atoms with E-state index in [1.807, 2.05) is 12.1 Å². The van der Waals surface area contributed by atoms with Crippen molar-refractivity contribution >= 4 is 22.5 Å². The fourth-order valence-electron chi connectivity index (χ4n) is 5.19. The van der Waals surface area contributed by atoms with Crippen LogP contribution < -0.4 is 9.80 Å². The van der Waals surface area contributed by atoms with Crippen molar-refractivity contribution in [3.8, 4) is 11.1 Å². The summed E-state index contributed by atoms with van der Waals surface area (Å²) in [6.45, 7) is 5.15. The van der Waals surface area contributed by atoms with Crippen molar-refractivity contribution in [3.63, 3.8) is 0 Å². The van der Waals surface area contributed by atoms with Crippen molar-refractivity contribution in [2.24, 2.45) is 5.92 Å². The molecule has 32 heavy (non-hydrogen) atoms. The lowest BCUT2D eigenvalue weighted by atomic mass is 9.94. The molecule has 0 bridgehead atoms. The first kappa shape index (κ1) is 21.1. The summed E-state index contributed by atoms with van der Waals surface area (Å²) in [6, 6.07) is 7.13. The molecular weight excluding hydrogens is 405 g/mol. The molecule has 0 radical (unpaired) electrons. The third-order valence-corrected chi connectivity index (χ3v) is 7.11. The quantitative estimate of drug-likeness (QED) is 0.640. The van der Waals surface area contributed by atoms with Crippen molar-refractivity contribution in [2.75, 3.05) is 36.0 Å². The maximum atomic E-state index is 14.7. The summed E-state index contributed by atoms with van der Waals surface area (Å²) < 4.78 is 14.7. The van der Waals surface area contributed by atoms with Crippen LogP contribution in [0.4, 0.5) is 16.0 Å². The lowest BCUT2D eigenvalue weighted by Crippen LogP contribution is -2.34. The highest BCUT2D eigenvalue weighted by atomic mass is 19.1. The minimum absolute atomic E-state index is 0.121. The molecule has 2 aromatic heterocycles. The number of hydrogen-bond acceptors (Lipinski definition) is 6. The molecule has 2 aliphatic rings. The standard InChI is InChI=1S/C25H30FN5O/c1-2-17-7-10-30(11-8-17)25-22-13-19(26)12-21(24(22)28-16-29-25)18-5-6-23(27-14-18)31-9-3-4-20(31)15-32/h5-6,12-14,16-17,20,32H,2-4,7-11,15H2,1H3. The number of piperidine rings is 1. The molecule has 7 heteroatoms. The Hall–Kier alpha value is -2.80. The van der Waals surface area contributed by atoms with E-state index in [9.17, 15) is 9.50 Å². The number of aromatic nitrogens is 3. The minimum atomic E-state index is -0.295. The van der Waals surface area contributed by atoms with Gasteiger partial charge in [-0.1, -0.05) is 13.3 Å². The third kappa shape index (κ3) is 3.90. The van der Waals surface area contributed by atoms with Gasteiger partial charge in [-0.15, -0.1) is 0 Å². The fourth-order valence-corrected chi connectivity index (χ4v) is 5.19. The molecular formula is C25H30FN5O. The van der Waals surface area contributed by atoms with Gasteiger partial charge >= 0.3 is 0 Å². The van der Waals surface area contributed by atoms with E-state index in [1.165, 1.54) is 12.5 Å². The van der Waals surface area contributed by atoms with Crippen LogP contribution in [0.3, 0.4) is 0 Å². The molecule has 1 N–H and O–H groups in total. The van der Waals surface area contributed by atoms with Crippen molar-refractivity contribution < 1.29 is 9.50 Å². The van der Waals surface area contributed by atoms with Crippen molar-refractivity contribution in [1.29, 1.82) is 0 Å². The average Bonchev–Trinajstić information content (AvgIpc) is 3.32. The zero-order valence-electron chi connectivity index (χ0n) is 18.5. The predicted molar refractivity (Wildman–Crippen MR) is 125 cm³/mol. The molecule has 0 spiro atoms. The van der Waals surface area contributed by atoms with Crippen molar-refractivity contribution in [3.05, 3.63) is 42.6 Å². The SMILES string of the molecule is CCC1CCN(c2ncnc3c(-c4ccc(N5CCCC5CO)nc4)cc(F)cc23)CC1. The number of rotatable bonds is 5. The zero-order chi connectivity index (χ0) is 22.1. The van der Waals surface area contributed by atoms with Crippen LogP contribution in [0.15, 0.2) is 36.8 Å². The van der Waals surface area contributed by atoms with E-state index in [0.29, 0.717) is 0 Å². The van der Waals surface area contributed by atoms with Crippen LogP contribution in [0.5, 0.6) is 0 Å². The van der Waals surface area contributed by atoms with E-state index in [-0.39, 0.29) is 18.5 Å². The second kappa shape index (κ2) is 8.98. The van der Waals surface area contributed by atoms with Gasteiger partial charge in [-0.2, -0.15) is 0 Å². The highest BCUT2D eigenvalue weighted by Gasteiger charge is 2.25. The van der Waals surface area contributed by atoms with Gasteiger partial charge in [0.25, 0.3) is 0 Å². The van der Waals surface area contributed by atoms with Gasteiger partial charge in [0, 0.05) is 42.3 Å². The first-order valence-electron chi connectivity index (χ1n) is 11.7. The summed E-state index contributed by atoms with van der Waals surface area (Å²) in [7, 11) is 0. The summed E-state index contributed by atoms with van der Waals surface area (Å²) in [5, 5.41) is 10.4. The fraction of sp³-hybridized carbons (Fsp3) is 0.480. The van der Waals surface area contributed by atoms with Crippen molar-refractivity contribution in [2.45, 2.75) is 45.1 Å². The number of halogens is 1. The Morgan fingerprint density at radius 1 is 1.06 bits per heavy atom. The van der Waals surface area contributed by atoms with Gasteiger partial charge < -0.3 is 14.9 Å². The number of fused-ring (bicyclic) bond motifs is 1. The number of benzene rings is 1. The Morgan fingerprint density at radius 3 is 2.62 bits per heavy atom. The van der Waals surface area contributed by atoms with Gasteiger partial charge in [-0.25, -0.2) is 19.3 Å². The average molecular weight is 436 g/mol. The van der Waals surface area contributed by atoms with Crippen molar-refractivity contribution in [1.82, 2.24) is 15.0 Å².